The fourth-order valence-corrected chi connectivity index (χ4v) is 3.25. The van der Waals surface area contributed by atoms with Crippen LogP contribution in [0, 0.1) is 5.95 Å². The maximum Gasteiger partial charge on any atom is 0.277 e. The largest absolute Gasteiger partial charge is 0.383 e. The number of halogens is 2. The molecule has 10 nitrogen and oxygen atoms in total. The molecule has 0 saturated heterocycles. The fourth-order valence-electron chi connectivity index (χ4n) is 3.13. The van der Waals surface area contributed by atoms with Crippen LogP contribution in [-0.2, 0) is 11.2 Å². The summed E-state index contributed by atoms with van der Waals surface area (Å²) >= 11 is 5.84. The first-order chi connectivity index (χ1) is 16.1. The van der Waals surface area contributed by atoms with Crippen molar-refractivity contribution in [1.29, 1.82) is 0 Å². The number of nitrogens with one attached hydrogen (secondary N) is 3. The number of anilines is 3. The molecule has 0 radical (unpaired) electrons. The van der Waals surface area contributed by atoms with Crippen molar-refractivity contribution < 1.29 is 18.8 Å². The number of nitrogens with zero attached hydrogens (tertiary/aromatic N) is 3. The predicted octanol–water partition coefficient (Wildman–Crippen LogP) is 3.03. The zero-order chi connectivity index (χ0) is 25.0. The van der Waals surface area contributed by atoms with Crippen LogP contribution in [-0.4, -0.2) is 39.5 Å². The summed E-state index contributed by atoms with van der Waals surface area (Å²) in [6.07, 6.45) is 1.17. The first-order valence-corrected chi connectivity index (χ1v) is 10.6. The maximum atomic E-state index is 14.3. The molecule has 0 bridgehead atoms. The molecule has 3 aromatic rings. The highest BCUT2D eigenvalue weighted by Gasteiger charge is 2.27. The van der Waals surface area contributed by atoms with Gasteiger partial charge in [0.15, 0.2) is 5.69 Å². The van der Waals surface area contributed by atoms with E-state index in [1.807, 2.05) is 0 Å². The number of rotatable bonds is 7. The van der Waals surface area contributed by atoms with Gasteiger partial charge >= 0.3 is 0 Å². The topological polar surface area (TPSA) is 144 Å². The van der Waals surface area contributed by atoms with Crippen molar-refractivity contribution in [3.8, 4) is 0 Å². The summed E-state index contributed by atoms with van der Waals surface area (Å²) in [5, 5.41) is 12.0. The number of carbonyl (C=O) groups is 3. The van der Waals surface area contributed by atoms with E-state index in [-0.39, 0.29) is 46.8 Å². The van der Waals surface area contributed by atoms with E-state index in [0.29, 0.717) is 5.02 Å². The average molecular weight is 488 g/mol. The van der Waals surface area contributed by atoms with Gasteiger partial charge < -0.3 is 21.7 Å². The number of benzene rings is 1. The number of nitrogens with two attached hydrogens (primary N) is 1. The Kier molecular flexibility index (Phi) is 7.47. The van der Waals surface area contributed by atoms with Gasteiger partial charge in [0.1, 0.15) is 11.4 Å². The van der Waals surface area contributed by atoms with Crippen molar-refractivity contribution in [3.63, 3.8) is 0 Å². The Morgan fingerprint density at radius 3 is 2.44 bits per heavy atom. The standard InChI is InChI=1S/C22H23ClFN7O3/c1-11(2)31-20(25)17(21(33)26-3)18(30-31)22(34)29-15-9-14(10-27-19(15)24)28-16(32)8-12-4-6-13(23)7-5-12/h4-7,9-11H,8,25H2,1-3H3,(H,26,33)(H,28,32)(H,29,34). The van der Waals surface area contributed by atoms with Crippen LogP contribution in [0.1, 0.15) is 46.3 Å². The summed E-state index contributed by atoms with van der Waals surface area (Å²) in [7, 11) is 1.38. The van der Waals surface area contributed by atoms with Gasteiger partial charge in [-0.1, -0.05) is 23.7 Å². The number of pyridine rings is 1. The van der Waals surface area contributed by atoms with E-state index in [0.717, 1.165) is 11.8 Å². The molecule has 0 aliphatic rings. The minimum absolute atomic E-state index is 0.00121. The Balaban J connectivity index is 1.81. The van der Waals surface area contributed by atoms with E-state index in [2.05, 4.69) is 26.0 Å². The third-order valence-corrected chi connectivity index (χ3v) is 5.01. The zero-order valence-electron chi connectivity index (χ0n) is 18.6. The second-order valence-corrected chi connectivity index (χ2v) is 8.03. The number of carbonyl (C=O) groups excluding carboxylic acids is 3. The van der Waals surface area contributed by atoms with Crippen LogP contribution < -0.4 is 21.7 Å². The molecule has 0 aliphatic heterocycles. The number of amides is 3. The first kappa shape index (κ1) is 24.6. The second-order valence-electron chi connectivity index (χ2n) is 7.59. The summed E-state index contributed by atoms with van der Waals surface area (Å²) < 4.78 is 15.6. The quantitative estimate of drug-likeness (QED) is 0.377. The molecule has 0 fully saturated rings. The Bertz CT molecular complexity index is 1240. The van der Waals surface area contributed by atoms with E-state index < -0.39 is 17.8 Å². The van der Waals surface area contributed by atoms with Gasteiger partial charge in [0.2, 0.25) is 11.9 Å². The van der Waals surface area contributed by atoms with Gasteiger partial charge in [-0.2, -0.15) is 9.49 Å². The third-order valence-electron chi connectivity index (χ3n) is 4.75. The molecule has 34 heavy (non-hydrogen) atoms. The Hall–Kier alpha value is -3.99. The fraction of sp³-hybridized carbons (Fsp3) is 0.227. The first-order valence-electron chi connectivity index (χ1n) is 10.2. The van der Waals surface area contributed by atoms with Crippen molar-refractivity contribution in [1.82, 2.24) is 20.1 Å². The zero-order valence-corrected chi connectivity index (χ0v) is 19.4. The average Bonchev–Trinajstić information content (AvgIpc) is 3.14. The lowest BCUT2D eigenvalue weighted by Gasteiger charge is -2.09. The molecule has 178 valence electrons. The number of aromatic nitrogens is 3. The Morgan fingerprint density at radius 2 is 1.82 bits per heavy atom. The molecule has 0 spiro atoms. The molecule has 3 rings (SSSR count). The highest BCUT2D eigenvalue weighted by Crippen LogP contribution is 2.23. The lowest BCUT2D eigenvalue weighted by atomic mass is 10.1. The molecule has 0 aliphatic carbocycles. The monoisotopic (exact) mass is 487 g/mol. The maximum absolute atomic E-state index is 14.3. The van der Waals surface area contributed by atoms with Gasteiger partial charge in [0.05, 0.1) is 24.0 Å². The Labute approximate surface area is 199 Å². The molecule has 2 aromatic heterocycles. The van der Waals surface area contributed by atoms with Crippen LogP contribution >= 0.6 is 11.6 Å². The normalized spacial score (nSPS) is 10.8. The van der Waals surface area contributed by atoms with Gasteiger partial charge in [0, 0.05) is 18.1 Å². The summed E-state index contributed by atoms with van der Waals surface area (Å²) in [6.45, 7) is 3.55. The molecule has 1 aromatic carbocycles. The van der Waals surface area contributed by atoms with Crippen LogP contribution in [0.15, 0.2) is 36.5 Å². The van der Waals surface area contributed by atoms with E-state index in [1.54, 1.807) is 38.1 Å². The molecular formula is C22H23ClFN7O3. The van der Waals surface area contributed by atoms with Crippen molar-refractivity contribution in [3.05, 3.63) is 64.3 Å². The smallest absolute Gasteiger partial charge is 0.277 e. The summed E-state index contributed by atoms with van der Waals surface area (Å²) in [5.41, 5.74) is 6.18. The number of nitrogen functional groups attached to an aromatic ring is 1. The summed E-state index contributed by atoms with van der Waals surface area (Å²) in [6, 6.07) is 7.73. The molecule has 0 atom stereocenters. The van der Waals surface area contributed by atoms with Crippen LogP contribution in [0.3, 0.4) is 0 Å². The van der Waals surface area contributed by atoms with Crippen LogP contribution in [0.5, 0.6) is 0 Å². The van der Waals surface area contributed by atoms with Crippen molar-refractivity contribution in [2.45, 2.75) is 26.3 Å². The highest BCUT2D eigenvalue weighted by atomic mass is 35.5. The summed E-state index contributed by atoms with van der Waals surface area (Å²) in [5.74, 6) is -2.84. The third kappa shape index (κ3) is 5.49. The van der Waals surface area contributed by atoms with Gasteiger partial charge in [-0.3, -0.25) is 14.4 Å². The van der Waals surface area contributed by atoms with E-state index >= 15 is 0 Å². The number of hydrogen-bond donors (Lipinski definition) is 4. The van der Waals surface area contributed by atoms with Crippen LogP contribution in [0.4, 0.5) is 21.6 Å². The predicted molar refractivity (Wildman–Crippen MR) is 126 cm³/mol. The molecule has 0 saturated carbocycles. The lowest BCUT2D eigenvalue weighted by molar-refractivity contribution is -0.115. The van der Waals surface area contributed by atoms with E-state index in [9.17, 15) is 18.8 Å². The number of hydrogen-bond acceptors (Lipinski definition) is 6. The van der Waals surface area contributed by atoms with E-state index in [1.165, 1.54) is 17.8 Å². The summed E-state index contributed by atoms with van der Waals surface area (Å²) in [4.78, 5) is 41.1. The lowest BCUT2D eigenvalue weighted by Crippen LogP contribution is -2.24. The minimum atomic E-state index is -0.984. The van der Waals surface area contributed by atoms with Gasteiger partial charge in [-0.25, -0.2) is 9.67 Å². The molecule has 3 amide bonds. The molecule has 5 N–H and O–H groups in total. The second kappa shape index (κ2) is 10.3. The Morgan fingerprint density at radius 1 is 1.15 bits per heavy atom. The van der Waals surface area contributed by atoms with E-state index in [4.69, 9.17) is 17.3 Å². The molecular weight excluding hydrogens is 465 g/mol. The van der Waals surface area contributed by atoms with Crippen LogP contribution in [0.25, 0.3) is 0 Å². The van der Waals surface area contributed by atoms with Crippen molar-refractivity contribution in [2.24, 2.45) is 0 Å². The highest BCUT2D eigenvalue weighted by molar-refractivity contribution is 6.30. The SMILES string of the molecule is CNC(=O)c1c(C(=O)Nc2cc(NC(=O)Cc3ccc(Cl)cc3)cnc2F)nn(C(C)C)c1N. The molecule has 12 heteroatoms. The van der Waals surface area contributed by atoms with Crippen molar-refractivity contribution >= 4 is 46.5 Å². The van der Waals surface area contributed by atoms with Crippen LogP contribution in [0.2, 0.25) is 5.02 Å². The van der Waals surface area contributed by atoms with Crippen molar-refractivity contribution in [2.75, 3.05) is 23.4 Å². The van der Waals surface area contributed by atoms with Gasteiger partial charge in [0.25, 0.3) is 11.8 Å². The van der Waals surface area contributed by atoms with Gasteiger partial charge in [-0.15, -0.1) is 0 Å². The minimum Gasteiger partial charge on any atom is -0.383 e. The van der Waals surface area contributed by atoms with Gasteiger partial charge in [-0.05, 0) is 37.6 Å². The molecule has 0 unspecified atom stereocenters. The molecule has 2 heterocycles.